The van der Waals surface area contributed by atoms with Crippen LogP contribution >= 0.6 is 24.2 Å². The van der Waals surface area contributed by atoms with E-state index >= 15 is 0 Å². The molecule has 0 saturated carbocycles. The third kappa shape index (κ3) is 2.54. The molecule has 0 aliphatic rings. The molecule has 0 atom stereocenters. The van der Waals surface area contributed by atoms with Gasteiger partial charge in [-0.3, -0.25) is 0 Å². The van der Waals surface area contributed by atoms with Crippen LogP contribution < -0.4 is 0 Å². The van der Waals surface area contributed by atoms with Gasteiger partial charge in [0.25, 0.3) is 0 Å². The smallest absolute Gasteiger partial charge is 0.131 e. The molecule has 0 aliphatic heterocycles. The Balaban J connectivity index is 2.94. The molecule has 0 spiro atoms. The van der Waals surface area contributed by atoms with Gasteiger partial charge in [0.05, 0.1) is 0 Å². The maximum Gasteiger partial charge on any atom is 0.131 e. The van der Waals surface area contributed by atoms with Gasteiger partial charge in [0.15, 0.2) is 0 Å². The first-order chi connectivity index (χ1) is 5.74. The van der Waals surface area contributed by atoms with Gasteiger partial charge in [-0.1, -0.05) is 29.8 Å². The second-order valence-electron chi connectivity index (χ2n) is 2.25. The standard InChI is InChI=1S/C9H8ClFS/c10-8-4-3-7(2-1-5-12)9(11)6-8/h1-4,6,12H,5H2. The van der Waals surface area contributed by atoms with Crippen molar-refractivity contribution in [1.29, 1.82) is 0 Å². The highest BCUT2D eigenvalue weighted by Crippen LogP contribution is 2.15. The predicted molar refractivity (Wildman–Crippen MR) is 54.3 cm³/mol. The lowest BCUT2D eigenvalue weighted by atomic mass is 10.2. The fourth-order valence-corrected chi connectivity index (χ4v) is 1.08. The van der Waals surface area contributed by atoms with Crippen molar-refractivity contribution in [2.24, 2.45) is 0 Å². The quantitative estimate of drug-likeness (QED) is 0.699. The zero-order chi connectivity index (χ0) is 8.97. The molecule has 0 unspecified atom stereocenters. The number of hydrogen-bond acceptors (Lipinski definition) is 1. The van der Waals surface area contributed by atoms with Crippen molar-refractivity contribution in [1.82, 2.24) is 0 Å². The minimum atomic E-state index is -0.305. The lowest BCUT2D eigenvalue weighted by Gasteiger charge is -1.96. The maximum absolute atomic E-state index is 13.0. The van der Waals surface area contributed by atoms with Crippen molar-refractivity contribution in [2.45, 2.75) is 0 Å². The second-order valence-corrected chi connectivity index (χ2v) is 3.05. The van der Waals surface area contributed by atoms with Crippen molar-refractivity contribution >= 4 is 30.3 Å². The fraction of sp³-hybridized carbons (Fsp3) is 0.111. The summed E-state index contributed by atoms with van der Waals surface area (Å²) < 4.78 is 13.0. The SMILES string of the molecule is Fc1cc(Cl)ccc1C=CCS. The summed E-state index contributed by atoms with van der Waals surface area (Å²) >= 11 is 9.54. The molecule has 12 heavy (non-hydrogen) atoms. The Hall–Kier alpha value is -0.470. The highest BCUT2D eigenvalue weighted by atomic mass is 35.5. The van der Waals surface area contributed by atoms with Crippen LogP contribution in [0.3, 0.4) is 0 Å². The molecule has 0 bridgehead atoms. The Morgan fingerprint density at radius 2 is 2.25 bits per heavy atom. The zero-order valence-corrected chi connectivity index (χ0v) is 7.95. The first kappa shape index (κ1) is 9.62. The van der Waals surface area contributed by atoms with Crippen LogP contribution in [0.5, 0.6) is 0 Å². The molecule has 64 valence electrons. The van der Waals surface area contributed by atoms with Crippen LogP contribution in [0.25, 0.3) is 6.08 Å². The first-order valence-corrected chi connectivity index (χ1v) is 4.47. The van der Waals surface area contributed by atoms with Crippen LogP contribution in [0.1, 0.15) is 5.56 Å². The van der Waals surface area contributed by atoms with E-state index in [0.717, 1.165) is 0 Å². The third-order valence-corrected chi connectivity index (χ3v) is 1.81. The lowest BCUT2D eigenvalue weighted by molar-refractivity contribution is 0.625. The van der Waals surface area contributed by atoms with Crippen LogP contribution in [0.4, 0.5) is 4.39 Å². The Kier molecular flexibility index (Phi) is 3.63. The number of halogens is 2. The van der Waals surface area contributed by atoms with Crippen molar-refractivity contribution in [3.8, 4) is 0 Å². The second kappa shape index (κ2) is 4.53. The van der Waals surface area contributed by atoms with Gasteiger partial charge in [-0.25, -0.2) is 4.39 Å². The average Bonchev–Trinajstić information content (AvgIpc) is 2.03. The van der Waals surface area contributed by atoms with E-state index in [9.17, 15) is 4.39 Å². The number of rotatable bonds is 2. The van der Waals surface area contributed by atoms with E-state index in [4.69, 9.17) is 11.6 Å². The Morgan fingerprint density at radius 3 is 2.83 bits per heavy atom. The van der Waals surface area contributed by atoms with Crippen LogP contribution in [-0.4, -0.2) is 5.75 Å². The minimum Gasteiger partial charge on any atom is -0.206 e. The Labute approximate surface area is 81.5 Å². The minimum absolute atomic E-state index is 0.305. The normalized spacial score (nSPS) is 10.9. The summed E-state index contributed by atoms with van der Waals surface area (Å²) in [6.07, 6.45) is 3.45. The molecule has 1 aromatic carbocycles. The molecule has 1 rings (SSSR count). The number of benzene rings is 1. The molecule has 1 aromatic rings. The van der Waals surface area contributed by atoms with Gasteiger partial charge in [0, 0.05) is 16.3 Å². The van der Waals surface area contributed by atoms with E-state index in [1.807, 2.05) is 0 Å². The lowest BCUT2D eigenvalue weighted by Crippen LogP contribution is -1.80. The molecule has 0 aromatic heterocycles. The Bertz CT molecular complexity index is 297. The van der Waals surface area contributed by atoms with Gasteiger partial charge in [0.1, 0.15) is 5.82 Å². The summed E-state index contributed by atoms with van der Waals surface area (Å²) in [5.74, 6) is 0.294. The summed E-state index contributed by atoms with van der Waals surface area (Å²) in [4.78, 5) is 0. The van der Waals surface area contributed by atoms with Gasteiger partial charge >= 0.3 is 0 Å². The molecule has 0 amide bonds. The molecule has 3 heteroatoms. The zero-order valence-electron chi connectivity index (χ0n) is 6.30. The van der Waals surface area contributed by atoms with Gasteiger partial charge in [0.2, 0.25) is 0 Å². The van der Waals surface area contributed by atoms with Gasteiger partial charge in [-0.05, 0) is 12.1 Å². The van der Waals surface area contributed by atoms with E-state index in [-0.39, 0.29) is 5.82 Å². The fourth-order valence-electron chi connectivity index (χ4n) is 0.816. The largest absolute Gasteiger partial charge is 0.206 e. The van der Waals surface area contributed by atoms with Gasteiger partial charge < -0.3 is 0 Å². The molecular weight excluding hydrogens is 195 g/mol. The highest BCUT2D eigenvalue weighted by molar-refractivity contribution is 7.80. The molecule has 0 aliphatic carbocycles. The molecular formula is C9H8ClFS. The molecule has 0 saturated heterocycles. The molecule has 0 heterocycles. The van der Waals surface area contributed by atoms with Crippen molar-refractivity contribution in [3.05, 3.63) is 40.7 Å². The molecule has 0 nitrogen and oxygen atoms in total. The van der Waals surface area contributed by atoms with Crippen LogP contribution in [0.2, 0.25) is 5.02 Å². The third-order valence-electron chi connectivity index (χ3n) is 1.37. The summed E-state index contributed by atoms with van der Waals surface area (Å²) in [5.41, 5.74) is 0.536. The Morgan fingerprint density at radius 1 is 1.50 bits per heavy atom. The van der Waals surface area contributed by atoms with Gasteiger partial charge in [-0.2, -0.15) is 12.6 Å². The predicted octanol–water partition coefficient (Wildman–Crippen LogP) is 3.42. The van der Waals surface area contributed by atoms with Gasteiger partial charge in [-0.15, -0.1) is 0 Å². The summed E-state index contributed by atoms with van der Waals surface area (Å²) in [5, 5.41) is 0.413. The van der Waals surface area contributed by atoms with Crippen LogP contribution in [0.15, 0.2) is 24.3 Å². The summed E-state index contributed by atoms with van der Waals surface area (Å²) in [7, 11) is 0. The van der Waals surface area contributed by atoms with E-state index in [1.165, 1.54) is 6.07 Å². The molecule has 0 N–H and O–H groups in total. The van der Waals surface area contributed by atoms with E-state index in [2.05, 4.69) is 12.6 Å². The maximum atomic E-state index is 13.0. The van der Waals surface area contributed by atoms with E-state index in [0.29, 0.717) is 16.3 Å². The monoisotopic (exact) mass is 202 g/mol. The molecule has 0 fully saturated rings. The van der Waals surface area contributed by atoms with E-state index < -0.39 is 0 Å². The van der Waals surface area contributed by atoms with Crippen LogP contribution in [-0.2, 0) is 0 Å². The van der Waals surface area contributed by atoms with Crippen molar-refractivity contribution in [2.75, 3.05) is 5.75 Å². The highest BCUT2D eigenvalue weighted by Gasteiger charge is 1.97. The van der Waals surface area contributed by atoms with Crippen molar-refractivity contribution < 1.29 is 4.39 Å². The topological polar surface area (TPSA) is 0 Å². The van der Waals surface area contributed by atoms with Crippen molar-refractivity contribution in [3.63, 3.8) is 0 Å². The summed E-state index contributed by atoms with van der Waals surface area (Å²) in [6, 6.07) is 4.58. The summed E-state index contributed by atoms with van der Waals surface area (Å²) in [6.45, 7) is 0. The van der Waals surface area contributed by atoms with E-state index in [1.54, 1.807) is 24.3 Å². The molecule has 0 radical (unpaired) electrons. The average molecular weight is 203 g/mol. The number of thiol groups is 1. The first-order valence-electron chi connectivity index (χ1n) is 3.46. The number of hydrogen-bond donors (Lipinski definition) is 1. The van der Waals surface area contributed by atoms with Crippen LogP contribution in [0, 0.1) is 5.82 Å².